The van der Waals surface area contributed by atoms with Gasteiger partial charge in [0.25, 0.3) is 0 Å². The van der Waals surface area contributed by atoms with Gasteiger partial charge in [0.15, 0.2) is 0 Å². The number of rotatable bonds is 3. The Labute approximate surface area is 65.5 Å². The van der Waals surface area contributed by atoms with Gasteiger partial charge >= 0.3 is 0 Å². The summed E-state index contributed by atoms with van der Waals surface area (Å²) in [6, 6.07) is 0. The van der Waals surface area contributed by atoms with Crippen LogP contribution in [0, 0.1) is 0 Å². The summed E-state index contributed by atoms with van der Waals surface area (Å²) in [6.07, 6.45) is 3.38. The molecule has 62 valence electrons. The van der Waals surface area contributed by atoms with Crippen LogP contribution in [0.1, 0.15) is 34.1 Å². The maximum Gasteiger partial charge on any atom is 0.0158 e. The molecule has 0 amide bonds. The Morgan fingerprint density at radius 3 is 2.20 bits per heavy atom. The van der Waals surface area contributed by atoms with Crippen LogP contribution in [0.4, 0.5) is 0 Å². The molecule has 10 heavy (non-hydrogen) atoms. The van der Waals surface area contributed by atoms with E-state index in [-0.39, 0.29) is 0 Å². The molecular weight excluding hydrogens is 122 g/mol. The number of allylic oxidation sites excluding steroid dienone is 1. The van der Waals surface area contributed by atoms with Gasteiger partial charge in [0, 0.05) is 6.54 Å². The van der Waals surface area contributed by atoms with Gasteiger partial charge in [-0.15, -0.1) is 0 Å². The van der Waals surface area contributed by atoms with Gasteiger partial charge in [-0.2, -0.15) is 0 Å². The summed E-state index contributed by atoms with van der Waals surface area (Å²) >= 11 is 0. The second-order valence-corrected chi connectivity index (χ2v) is 1.99. The van der Waals surface area contributed by atoms with Crippen LogP contribution in [0.25, 0.3) is 0 Å². The Morgan fingerprint density at radius 2 is 1.90 bits per heavy atom. The van der Waals surface area contributed by atoms with Crippen molar-refractivity contribution < 1.29 is 0 Å². The maximum absolute atomic E-state index is 3.08. The summed E-state index contributed by atoms with van der Waals surface area (Å²) in [5.74, 6) is 0. The van der Waals surface area contributed by atoms with E-state index in [4.69, 9.17) is 0 Å². The molecule has 0 aliphatic rings. The van der Waals surface area contributed by atoms with Crippen LogP contribution >= 0.6 is 0 Å². The molecule has 0 fully saturated rings. The Hall–Kier alpha value is -0.300. The number of hydrogen-bond donors (Lipinski definition) is 1. The van der Waals surface area contributed by atoms with E-state index in [9.17, 15) is 0 Å². The van der Waals surface area contributed by atoms with Crippen molar-refractivity contribution >= 4 is 0 Å². The Kier molecular flexibility index (Phi) is 14.2. The highest BCUT2D eigenvalue weighted by atomic mass is 14.8. The fourth-order valence-corrected chi connectivity index (χ4v) is 0.699. The van der Waals surface area contributed by atoms with E-state index in [1.165, 1.54) is 5.57 Å². The quantitative estimate of drug-likeness (QED) is 0.599. The predicted octanol–water partition coefficient (Wildman–Crippen LogP) is 2.59. The summed E-state index contributed by atoms with van der Waals surface area (Å²) in [7, 11) is 1.97. The van der Waals surface area contributed by atoms with Crippen molar-refractivity contribution in [2.24, 2.45) is 0 Å². The molecule has 0 rings (SSSR count). The van der Waals surface area contributed by atoms with E-state index in [1.54, 1.807) is 0 Å². The summed E-state index contributed by atoms with van der Waals surface area (Å²) in [5, 5.41) is 3.08. The Bertz CT molecular complexity index is 74.8. The van der Waals surface area contributed by atoms with Gasteiger partial charge in [0.1, 0.15) is 0 Å². The SMILES string of the molecule is CC.CC/C=C(/C)CNC. The summed E-state index contributed by atoms with van der Waals surface area (Å²) in [5.41, 5.74) is 1.43. The smallest absolute Gasteiger partial charge is 0.0158 e. The zero-order valence-corrected chi connectivity index (χ0v) is 7.99. The van der Waals surface area contributed by atoms with Crippen molar-refractivity contribution in [2.45, 2.75) is 34.1 Å². The van der Waals surface area contributed by atoms with Crippen molar-refractivity contribution in [2.75, 3.05) is 13.6 Å². The van der Waals surface area contributed by atoms with Gasteiger partial charge < -0.3 is 5.32 Å². The lowest BCUT2D eigenvalue weighted by Crippen LogP contribution is -2.08. The molecule has 0 spiro atoms. The minimum atomic E-state index is 1.02. The van der Waals surface area contributed by atoms with Crippen LogP contribution < -0.4 is 5.32 Å². The van der Waals surface area contributed by atoms with Crippen LogP contribution in [0.15, 0.2) is 11.6 Å². The first-order valence-electron chi connectivity index (χ1n) is 4.11. The van der Waals surface area contributed by atoms with Gasteiger partial charge in [0.2, 0.25) is 0 Å². The lowest BCUT2D eigenvalue weighted by Gasteiger charge is -1.95. The fourth-order valence-electron chi connectivity index (χ4n) is 0.699. The second kappa shape index (κ2) is 11.5. The van der Waals surface area contributed by atoms with E-state index in [2.05, 4.69) is 25.2 Å². The minimum absolute atomic E-state index is 1.02. The topological polar surface area (TPSA) is 12.0 Å². The van der Waals surface area contributed by atoms with Gasteiger partial charge in [-0.3, -0.25) is 0 Å². The van der Waals surface area contributed by atoms with Crippen LogP contribution in [0.2, 0.25) is 0 Å². The highest BCUT2D eigenvalue weighted by molar-refractivity contribution is 4.98. The third-order valence-electron chi connectivity index (χ3n) is 1.01. The molecule has 1 heteroatoms. The molecule has 1 nitrogen and oxygen atoms in total. The summed E-state index contributed by atoms with van der Waals surface area (Å²) in [4.78, 5) is 0. The fraction of sp³-hybridized carbons (Fsp3) is 0.778. The van der Waals surface area contributed by atoms with Crippen molar-refractivity contribution in [1.82, 2.24) is 5.32 Å². The highest BCUT2D eigenvalue weighted by Gasteiger charge is 1.80. The van der Waals surface area contributed by atoms with Crippen LogP contribution in [-0.2, 0) is 0 Å². The average Bonchev–Trinajstić information content (AvgIpc) is 1.93. The lowest BCUT2D eigenvalue weighted by molar-refractivity contribution is 0.873. The molecule has 0 saturated heterocycles. The summed E-state index contributed by atoms with van der Waals surface area (Å²) in [6.45, 7) is 9.31. The lowest BCUT2D eigenvalue weighted by atomic mass is 10.2. The third kappa shape index (κ3) is 10.6. The molecular formula is C9H21N. The molecule has 0 radical (unpaired) electrons. The molecule has 0 atom stereocenters. The standard InChI is InChI=1S/C7H15N.C2H6/c1-4-5-7(2)6-8-3;1-2/h5,8H,4,6H2,1-3H3;1-2H3/b7-5-;. The van der Waals surface area contributed by atoms with E-state index in [0.717, 1.165) is 13.0 Å². The van der Waals surface area contributed by atoms with Crippen LogP contribution in [0.5, 0.6) is 0 Å². The first-order chi connectivity index (χ1) is 4.81. The molecule has 0 aromatic rings. The molecule has 0 aromatic heterocycles. The molecule has 0 aliphatic heterocycles. The number of nitrogens with one attached hydrogen (secondary N) is 1. The zero-order valence-electron chi connectivity index (χ0n) is 7.99. The largest absolute Gasteiger partial charge is 0.316 e. The number of hydrogen-bond acceptors (Lipinski definition) is 1. The van der Waals surface area contributed by atoms with Gasteiger partial charge in [-0.05, 0) is 20.4 Å². The molecule has 0 aliphatic carbocycles. The second-order valence-electron chi connectivity index (χ2n) is 1.99. The first-order valence-corrected chi connectivity index (χ1v) is 4.11. The van der Waals surface area contributed by atoms with E-state index >= 15 is 0 Å². The minimum Gasteiger partial charge on any atom is -0.316 e. The van der Waals surface area contributed by atoms with Gasteiger partial charge in [0.05, 0.1) is 0 Å². The Balaban J connectivity index is 0. The monoisotopic (exact) mass is 143 g/mol. The van der Waals surface area contributed by atoms with Gasteiger partial charge in [-0.25, -0.2) is 0 Å². The van der Waals surface area contributed by atoms with E-state index in [0.29, 0.717) is 0 Å². The normalized spacial score (nSPS) is 10.3. The molecule has 1 N–H and O–H groups in total. The number of likely N-dealkylation sites (N-methyl/N-ethyl adjacent to an activating group) is 1. The Morgan fingerprint density at radius 1 is 1.40 bits per heavy atom. The van der Waals surface area contributed by atoms with Crippen molar-refractivity contribution in [3.8, 4) is 0 Å². The predicted molar refractivity (Wildman–Crippen MR) is 49.3 cm³/mol. The summed E-state index contributed by atoms with van der Waals surface area (Å²) < 4.78 is 0. The van der Waals surface area contributed by atoms with Crippen molar-refractivity contribution in [3.63, 3.8) is 0 Å². The first kappa shape index (κ1) is 12.4. The van der Waals surface area contributed by atoms with Crippen molar-refractivity contribution in [1.29, 1.82) is 0 Å². The van der Waals surface area contributed by atoms with E-state index in [1.807, 2.05) is 20.9 Å². The molecule has 0 aromatic carbocycles. The zero-order chi connectivity index (χ0) is 8.41. The highest BCUT2D eigenvalue weighted by Crippen LogP contribution is 1.90. The third-order valence-corrected chi connectivity index (χ3v) is 1.01. The molecule has 0 bridgehead atoms. The van der Waals surface area contributed by atoms with Crippen molar-refractivity contribution in [3.05, 3.63) is 11.6 Å². The van der Waals surface area contributed by atoms with Crippen LogP contribution in [-0.4, -0.2) is 13.6 Å². The molecule has 0 heterocycles. The molecule has 0 unspecified atom stereocenters. The van der Waals surface area contributed by atoms with Gasteiger partial charge in [-0.1, -0.05) is 32.4 Å². The van der Waals surface area contributed by atoms with E-state index < -0.39 is 0 Å². The molecule has 0 saturated carbocycles. The maximum atomic E-state index is 3.08. The van der Waals surface area contributed by atoms with Crippen LogP contribution in [0.3, 0.4) is 0 Å². The average molecular weight is 143 g/mol.